The molecule has 0 bridgehead atoms. The lowest BCUT2D eigenvalue weighted by Gasteiger charge is -2.06. The van der Waals surface area contributed by atoms with E-state index in [1.54, 1.807) is 18.2 Å². The summed E-state index contributed by atoms with van der Waals surface area (Å²) in [5.74, 6) is -1.07. The fourth-order valence-corrected chi connectivity index (χ4v) is 3.23. The summed E-state index contributed by atoms with van der Waals surface area (Å²) in [6.07, 6.45) is 3.31. The highest BCUT2D eigenvalue weighted by molar-refractivity contribution is 6.29. The Labute approximate surface area is 158 Å². The molecule has 0 aliphatic carbocycles. The zero-order valence-electron chi connectivity index (χ0n) is 14.0. The van der Waals surface area contributed by atoms with Gasteiger partial charge in [-0.25, -0.2) is 9.37 Å². The number of pyridine rings is 1. The molecule has 0 radical (unpaired) electrons. The van der Waals surface area contributed by atoms with Gasteiger partial charge in [0.2, 0.25) is 5.91 Å². The molecule has 0 unspecified atom stereocenters. The summed E-state index contributed by atoms with van der Waals surface area (Å²) in [5.41, 5.74) is 2.63. The monoisotopic (exact) mass is 384 g/mol. The first-order chi connectivity index (χ1) is 13.0. The van der Waals surface area contributed by atoms with Crippen LogP contribution in [0.25, 0.3) is 16.5 Å². The first-order valence-corrected chi connectivity index (χ1v) is 8.62. The molecule has 3 aromatic rings. The number of aromatic nitrogens is 2. The Morgan fingerprint density at radius 1 is 1.30 bits per heavy atom. The summed E-state index contributed by atoms with van der Waals surface area (Å²) in [6.45, 7) is 0.375. The molecule has 8 heteroatoms. The van der Waals surface area contributed by atoms with Crippen LogP contribution in [-0.2, 0) is 4.79 Å². The van der Waals surface area contributed by atoms with Crippen molar-refractivity contribution in [3.05, 3.63) is 64.8 Å². The molecular weight excluding hydrogens is 371 g/mol. The highest BCUT2D eigenvalue weighted by atomic mass is 35.5. The molecule has 3 heterocycles. The minimum Gasteiger partial charge on any atom is -0.350 e. The van der Waals surface area contributed by atoms with E-state index in [0.29, 0.717) is 51.5 Å². The molecule has 1 aromatic carbocycles. The molecule has 1 aliphatic rings. The van der Waals surface area contributed by atoms with Crippen LogP contribution in [0.1, 0.15) is 22.5 Å². The van der Waals surface area contributed by atoms with Gasteiger partial charge in [0.25, 0.3) is 5.91 Å². The number of fused-ring (bicyclic) bond motifs is 3. The van der Waals surface area contributed by atoms with Gasteiger partial charge in [0.05, 0.1) is 11.9 Å². The maximum Gasteiger partial charge on any atom is 0.268 e. The van der Waals surface area contributed by atoms with Crippen molar-refractivity contribution in [3.8, 4) is 0 Å². The van der Waals surface area contributed by atoms with Gasteiger partial charge in [-0.3, -0.25) is 9.59 Å². The first kappa shape index (κ1) is 17.2. The minimum absolute atomic E-state index is 0.285. The molecular formula is C19H14ClFN4O2. The van der Waals surface area contributed by atoms with Crippen LogP contribution in [0.2, 0.25) is 5.15 Å². The van der Waals surface area contributed by atoms with E-state index in [2.05, 4.69) is 20.6 Å². The highest BCUT2D eigenvalue weighted by Gasteiger charge is 2.24. The molecule has 27 heavy (non-hydrogen) atoms. The maximum atomic E-state index is 13.8. The number of carbonyl (C=O) groups excluding carboxylic acids is 2. The molecule has 0 saturated carbocycles. The van der Waals surface area contributed by atoms with Gasteiger partial charge in [0.15, 0.2) is 0 Å². The number of amides is 2. The van der Waals surface area contributed by atoms with E-state index in [9.17, 15) is 14.0 Å². The molecule has 0 fully saturated rings. The van der Waals surface area contributed by atoms with Crippen molar-refractivity contribution in [1.82, 2.24) is 15.3 Å². The smallest absolute Gasteiger partial charge is 0.268 e. The quantitative estimate of drug-likeness (QED) is 0.466. The van der Waals surface area contributed by atoms with E-state index >= 15 is 0 Å². The first-order valence-electron chi connectivity index (χ1n) is 8.24. The van der Waals surface area contributed by atoms with Crippen LogP contribution in [0.3, 0.4) is 0 Å². The van der Waals surface area contributed by atoms with Crippen LogP contribution in [0.4, 0.5) is 10.1 Å². The summed E-state index contributed by atoms with van der Waals surface area (Å²) in [7, 11) is 0. The van der Waals surface area contributed by atoms with Gasteiger partial charge in [0, 0.05) is 29.1 Å². The van der Waals surface area contributed by atoms with Gasteiger partial charge in [-0.2, -0.15) is 0 Å². The number of halogens is 2. The van der Waals surface area contributed by atoms with Crippen molar-refractivity contribution < 1.29 is 14.0 Å². The van der Waals surface area contributed by atoms with E-state index in [0.717, 1.165) is 0 Å². The van der Waals surface area contributed by atoms with Gasteiger partial charge >= 0.3 is 0 Å². The third-order valence-corrected chi connectivity index (χ3v) is 4.51. The predicted molar refractivity (Wildman–Crippen MR) is 101 cm³/mol. The normalized spacial score (nSPS) is 15.3. The SMILES string of the molecule is O=C(/C=C1\CCNC(=O)c2[nH]c3ccc(F)cc3c21)Nc1ccc(Cl)nc1. The van der Waals surface area contributed by atoms with Crippen molar-refractivity contribution >= 4 is 45.6 Å². The Balaban J connectivity index is 1.75. The molecule has 0 atom stereocenters. The third kappa shape index (κ3) is 3.41. The Morgan fingerprint density at radius 2 is 2.15 bits per heavy atom. The van der Waals surface area contributed by atoms with E-state index in [4.69, 9.17) is 11.6 Å². The number of nitrogens with zero attached hydrogens (tertiary/aromatic N) is 1. The summed E-state index contributed by atoms with van der Waals surface area (Å²) >= 11 is 5.74. The minimum atomic E-state index is -0.412. The topological polar surface area (TPSA) is 86.9 Å². The van der Waals surface area contributed by atoms with Crippen LogP contribution >= 0.6 is 11.6 Å². The van der Waals surface area contributed by atoms with E-state index < -0.39 is 5.82 Å². The van der Waals surface area contributed by atoms with Gasteiger partial charge < -0.3 is 15.6 Å². The average molecular weight is 385 g/mol. The Kier molecular flexibility index (Phi) is 4.37. The summed E-state index contributed by atoms with van der Waals surface area (Å²) in [5, 5.41) is 6.37. The predicted octanol–water partition coefficient (Wildman–Crippen LogP) is 3.51. The number of benzene rings is 1. The van der Waals surface area contributed by atoms with Crippen molar-refractivity contribution in [2.24, 2.45) is 0 Å². The number of nitrogens with one attached hydrogen (secondary N) is 3. The average Bonchev–Trinajstić information content (AvgIpc) is 2.94. The van der Waals surface area contributed by atoms with Crippen molar-refractivity contribution in [3.63, 3.8) is 0 Å². The summed E-state index contributed by atoms with van der Waals surface area (Å²) < 4.78 is 13.8. The number of H-pyrrole nitrogens is 1. The lowest BCUT2D eigenvalue weighted by Crippen LogP contribution is -2.22. The highest BCUT2D eigenvalue weighted by Crippen LogP contribution is 2.33. The molecule has 1 aliphatic heterocycles. The largest absolute Gasteiger partial charge is 0.350 e. The fraction of sp³-hybridized carbons (Fsp3) is 0.105. The molecule has 6 nitrogen and oxygen atoms in total. The van der Waals surface area contributed by atoms with Crippen LogP contribution in [-0.4, -0.2) is 28.3 Å². The van der Waals surface area contributed by atoms with Crippen LogP contribution in [0, 0.1) is 5.82 Å². The van der Waals surface area contributed by atoms with Gasteiger partial charge in [-0.1, -0.05) is 11.6 Å². The van der Waals surface area contributed by atoms with E-state index in [-0.39, 0.29) is 11.8 Å². The van der Waals surface area contributed by atoms with E-state index in [1.807, 2.05) is 0 Å². The standard InChI is InChI=1S/C19H14ClFN4O2/c20-15-4-2-12(9-23-15)24-16(26)7-10-5-6-22-19(27)18-17(10)13-8-11(21)1-3-14(13)25-18/h1-4,7-9,25H,5-6H2,(H,22,27)(H,24,26)/b10-7+. The van der Waals surface area contributed by atoms with Gasteiger partial charge in [-0.05, 0) is 42.3 Å². The van der Waals surface area contributed by atoms with Crippen molar-refractivity contribution in [2.75, 3.05) is 11.9 Å². The Bertz CT molecular complexity index is 1090. The second kappa shape index (κ2) is 6.85. The number of hydrogen-bond donors (Lipinski definition) is 3. The lowest BCUT2D eigenvalue weighted by atomic mass is 9.99. The fourth-order valence-electron chi connectivity index (χ4n) is 3.12. The van der Waals surface area contributed by atoms with Crippen molar-refractivity contribution in [1.29, 1.82) is 0 Å². The maximum absolute atomic E-state index is 13.8. The van der Waals surface area contributed by atoms with E-state index in [1.165, 1.54) is 24.4 Å². The second-order valence-electron chi connectivity index (χ2n) is 6.10. The number of anilines is 1. The van der Waals surface area contributed by atoms with Gasteiger partial charge in [0.1, 0.15) is 16.7 Å². The lowest BCUT2D eigenvalue weighted by molar-refractivity contribution is -0.111. The van der Waals surface area contributed by atoms with Gasteiger partial charge in [-0.15, -0.1) is 0 Å². The molecule has 3 N–H and O–H groups in total. The molecule has 0 spiro atoms. The van der Waals surface area contributed by atoms with Crippen LogP contribution in [0.15, 0.2) is 42.6 Å². The number of rotatable bonds is 2. The molecule has 0 saturated heterocycles. The second-order valence-corrected chi connectivity index (χ2v) is 6.49. The summed E-state index contributed by atoms with van der Waals surface area (Å²) in [4.78, 5) is 31.7. The van der Waals surface area contributed by atoms with Crippen LogP contribution < -0.4 is 10.6 Å². The number of aromatic amines is 1. The molecule has 2 aromatic heterocycles. The molecule has 2 amide bonds. The number of carbonyl (C=O) groups is 2. The zero-order chi connectivity index (χ0) is 19.0. The van der Waals surface area contributed by atoms with Crippen molar-refractivity contribution in [2.45, 2.75) is 6.42 Å². The Morgan fingerprint density at radius 3 is 2.93 bits per heavy atom. The number of hydrogen-bond acceptors (Lipinski definition) is 3. The third-order valence-electron chi connectivity index (χ3n) is 4.29. The summed E-state index contributed by atoms with van der Waals surface area (Å²) in [6, 6.07) is 7.46. The molecule has 4 rings (SSSR count). The molecule has 136 valence electrons. The van der Waals surface area contributed by atoms with Crippen LogP contribution in [0.5, 0.6) is 0 Å². The zero-order valence-corrected chi connectivity index (χ0v) is 14.7. The Hall–Kier alpha value is -3.19.